The van der Waals surface area contributed by atoms with E-state index >= 15 is 0 Å². The second-order valence-electron chi connectivity index (χ2n) is 5.89. The standard InChI is InChI=1S/C12H17Br/c13-12-9-3-1-7(5-9)11(12)8-2-4-10(12)6-8/h7-11H,1-6H2/t7-,8-,9+,10+,11?,12?/m1/s1. The van der Waals surface area contributed by atoms with Gasteiger partial charge in [-0.1, -0.05) is 15.9 Å². The van der Waals surface area contributed by atoms with Gasteiger partial charge in [-0.3, -0.25) is 0 Å². The van der Waals surface area contributed by atoms with Crippen LogP contribution in [0.2, 0.25) is 0 Å². The summed E-state index contributed by atoms with van der Waals surface area (Å²) < 4.78 is 0.652. The third-order valence-corrected chi connectivity index (χ3v) is 7.55. The smallest absolute Gasteiger partial charge is 0.0347 e. The molecule has 4 bridgehead atoms. The third-order valence-electron chi connectivity index (χ3n) is 5.72. The van der Waals surface area contributed by atoms with Crippen LogP contribution in [0.4, 0.5) is 0 Å². The van der Waals surface area contributed by atoms with E-state index in [0.29, 0.717) is 4.32 Å². The Morgan fingerprint density at radius 2 is 1.38 bits per heavy atom. The minimum Gasteiger partial charge on any atom is -0.0844 e. The summed E-state index contributed by atoms with van der Waals surface area (Å²) in [4.78, 5) is 0. The van der Waals surface area contributed by atoms with Crippen LogP contribution in [0.5, 0.6) is 0 Å². The van der Waals surface area contributed by atoms with Crippen LogP contribution < -0.4 is 0 Å². The molecule has 4 fully saturated rings. The van der Waals surface area contributed by atoms with Crippen molar-refractivity contribution in [3.8, 4) is 0 Å². The SMILES string of the molecule is BrC12C([C@@H]3CC[C@H]1C3)[C@@H]1CC[C@H]2C1. The summed E-state index contributed by atoms with van der Waals surface area (Å²) in [7, 11) is 0. The molecule has 0 aromatic heterocycles. The molecule has 0 amide bonds. The maximum atomic E-state index is 4.19. The average molecular weight is 241 g/mol. The van der Waals surface area contributed by atoms with Crippen LogP contribution in [-0.4, -0.2) is 4.32 Å². The van der Waals surface area contributed by atoms with E-state index in [4.69, 9.17) is 0 Å². The predicted octanol–water partition coefficient (Wildman–Crippen LogP) is 3.60. The number of fused-ring (bicyclic) bond motifs is 9. The van der Waals surface area contributed by atoms with Crippen molar-refractivity contribution in [2.45, 2.75) is 42.8 Å². The van der Waals surface area contributed by atoms with E-state index < -0.39 is 0 Å². The maximum Gasteiger partial charge on any atom is 0.0347 e. The average Bonchev–Trinajstić information content (AvgIpc) is 2.79. The van der Waals surface area contributed by atoms with E-state index in [2.05, 4.69) is 15.9 Å². The Kier molecular flexibility index (Phi) is 1.30. The fourth-order valence-electron chi connectivity index (χ4n) is 5.47. The molecule has 1 heteroatoms. The Labute approximate surface area is 88.6 Å². The highest BCUT2D eigenvalue weighted by atomic mass is 79.9. The lowest BCUT2D eigenvalue weighted by Crippen LogP contribution is -2.42. The van der Waals surface area contributed by atoms with Crippen molar-refractivity contribution in [2.75, 3.05) is 0 Å². The summed E-state index contributed by atoms with van der Waals surface area (Å²) in [6, 6.07) is 0. The molecule has 13 heavy (non-hydrogen) atoms. The molecule has 0 spiro atoms. The van der Waals surface area contributed by atoms with Gasteiger partial charge in [0.1, 0.15) is 0 Å². The lowest BCUT2D eigenvalue weighted by atomic mass is 9.71. The van der Waals surface area contributed by atoms with E-state index in [1.54, 1.807) is 25.7 Å². The lowest BCUT2D eigenvalue weighted by molar-refractivity contribution is 0.183. The van der Waals surface area contributed by atoms with Gasteiger partial charge in [0.25, 0.3) is 0 Å². The number of hydrogen-bond acceptors (Lipinski definition) is 0. The van der Waals surface area contributed by atoms with Crippen molar-refractivity contribution in [3.63, 3.8) is 0 Å². The van der Waals surface area contributed by atoms with Gasteiger partial charge in [0.05, 0.1) is 0 Å². The van der Waals surface area contributed by atoms with E-state index in [0.717, 1.165) is 29.6 Å². The fraction of sp³-hybridized carbons (Fsp3) is 1.00. The van der Waals surface area contributed by atoms with Crippen LogP contribution >= 0.6 is 15.9 Å². The summed E-state index contributed by atoms with van der Waals surface area (Å²) in [5.41, 5.74) is 0. The molecule has 4 aliphatic rings. The number of hydrogen-bond donors (Lipinski definition) is 0. The zero-order chi connectivity index (χ0) is 8.63. The van der Waals surface area contributed by atoms with Crippen LogP contribution in [0.15, 0.2) is 0 Å². The molecule has 72 valence electrons. The molecule has 0 nitrogen and oxygen atoms in total. The van der Waals surface area contributed by atoms with Gasteiger partial charge in [-0.15, -0.1) is 0 Å². The molecule has 0 aromatic rings. The van der Waals surface area contributed by atoms with E-state index in [-0.39, 0.29) is 0 Å². The van der Waals surface area contributed by atoms with Gasteiger partial charge in [-0.05, 0) is 68.1 Å². The van der Waals surface area contributed by atoms with Crippen molar-refractivity contribution >= 4 is 15.9 Å². The number of alkyl halides is 1. The van der Waals surface area contributed by atoms with Crippen molar-refractivity contribution in [1.29, 1.82) is 0 Å². The highest BCUT2D eigenvalue weighted by Gasteiger charge is 2.67. The van der Waals surface area contributed by atoms with Crippen LogP contribution in [-0.2, 0) is 0 Å². The molecule has 0 aliphatic heterocycles. The second-order valence-corrected chi connectivity index (χ2v) is 7.27. The molecule has 0 radical (unpaired) electrons. The van der Waals surface area contributed by atoms with Gasteiger partial charge in [0.15, 0.2) is 0 Å². The monoisotopic (exact) mass is 240 g/mol. The van der Waals surface area contributed by atoms with Crippen LogP contribution in [0.1, 0.15) is 38.5 Å². The van der Waals surface area contributed by atoms with Gasteiger partial charge in [0.2, 0.25) is 0 Å². The van der Waals surface area contributed by atoms with Crippen LogP contribution in [0.3, 0.4) is 0 Å². The molecule has 0 N–H and O–H groups in total. The van der Waals surface area contributed by atoms with Gasteiger partial charge in [0, 0.05) is 4.32 Å². The topological polar surface area (TPSA) is 0 Å². The third kappa shape index (κ3) is 0.693. The zero-order valence-electron chi connectivity index (χ0n) is 8.01. The summed E-state index contributed by atoms with van der Waals surface area (Å²) in [5.74, 6) is 5.49. The second kappa shape index (κ2) is 2.18. The fourth-order valence-corrected chi connectivity index (χ4v) is 7.05. The van der Waals surface area contributed by atoms with Gasteiger partial charge in [-0.25, -0.2) is 0 Å². The molecule has 0 unspecified atom stereocenters. The van der Waals surface area contributed by atoms with E-state index in [1.807, 2.05) is 0 Å². The zero-order valence-corrected chi connectivity index (χ0v) is 9.59. The first-order chi connectivity index (χ1) is 6.30. The summed E-state index contributed by atoms with van der Waals surface area (Å²) in [5, 5.41) is 0. The van der Waals surface area contributed by atoms with Crippen molar-refractivity contribution in [3.05, 3.63) is 0 Å². The molecular formula is C12H17Br. The largest absolute Gasteiger partial charge is 0.0844 e. The first-order valence-corrected chi connectivity index (χ1v) is 6.78. The molecular weight excluding hydrogens is 224 g/mol. The predicted molar refractivity (Wildman–Crippen MR) is 56.8 cm³/mol. The van der Waals surface area contributed by atoms with E-state index in [9.17, 15) is 0 Å². The van der Waals surface area contributed by atoms with Crippen LogP contribution in [0.25, 0.3) is 0 Å². The Bertz CT molecular complexity index is 238. The first-order valence-electron chi connectivity index (χ1n) is 5.99. The Morgan fingerprint density at radius 1 is 0.846 bits per heavy atom. The summed E-state index contributed by atoms with van der Waals surface area (Å²) >= 11 is 4.19. The number of rotatable bonds is 0. The van der Waals surface area contributed by atoms with Gasteiger partial charge in [-0.2, -0.15) is 0 Å². The van der Waals surface area contributed by atoms with Crippen LogP contribution in [0, 0.1) is 29.6 Å². The Balaban J connectivity index is 1.84. The highest BCUT2D eigenvalue weighted by Crippen LogP contribution is 2.72. The molecule has 4 atom stereocenters. The van der Waals surface area contributed by atoms with Crippen molar-refractivity contribution < 1.29 is 0 Å². The summed E-state index contributed by atoms with van der Waals surface area (Å²) in [6.07, 6.45) is 9.34. The Morgan fingerprint density at radius 3 is 1.85 bits per heavy atom. The molecule has 4 saturated carbocycles. The first kappa shape index (κ1) is 7.73. The Hall–Kier alpha value is 0.480. The van der Waals surface area contributed by atoms with Gasteiger partial charge < -0.3 is 0 Å². The normalized spacial score (nSPS) is 67.6. The maximum absolute atomic E-state index is 4.19. The lowest BCUT2D eigenvalue weighted by Gasteiger charge is -2.42. The summed E-state index contributed by atoms with van der Waals surface area (Å²) in [6.45, 7) is 0. The minimum absolute atomic E-state index is 0.652. The highest BCUT2D eigenvalue weighted by molar-refractivity contribution is 9.10. The number of halogens is 1. The molecule has 0 aromatic carbocycles. The van der Waals surface area contributed by atoms with E-state index in [1.165, 1.54) is 12.8 Å². The molecule has 0 heterocycles. The molecule has 0 saturated heterocycles. The quantitative estimate of drug-likeness (QED) is 0.449. The van der Waals surface area contributed by atoms with Crippen molar-refractivity contribution in [2.24, 2.45) is 29.6 Å². The minimum atomic E-state index is 0.652. The van der Waals surface area contributed by atoms with Crippen molar-refractivity contribution in [1.82, 2.24) is 0 Å². The molecule has 4 aliphatic carbocycles. The molecule has 4 rings (SSSR count). The van der Waals surface area contributed by atoms with Gasteiger partial charge >= 0.3 is 0 Å².